The molecule has 0 amide bonds. The van der Waals surface area contributed by atoms with Crippen molar-refractivity contribution in [3.8, 4) is 12.1 Å². The van der Waals surface area contributed by atoms with E-state index in [4.69, 9.17) is 54.1 Å². The van der Waals surface area contributed by atoms with E-state index in [-0.39, 0.29) is 88.4 Å². The Labute approximate surface area is 393 Å². The number of hydrogen-bond acceptors (Lipinski definition) is 20. The number of benzene rings is 3. The van der Waals surface area contributed by atoms with Crippen LogP contribution in [-0.4, -0.2) is 43.4 Å². The molecule has 2 N–H and O–H groups in total. The zero-order chi connectivity index (χ0) is 41.5. The summed E-state index contributed by atoms with van der Waals surface area (Å²) in [5.41, 5.74) is 3.06. The van der Waals surface area contributed by atoms with E-state index in [0.717, 1.165) is 22.7 Å². The Hall–Kier alpha value is -3.29. The van der Waals surface area contributed by atoms with Gasteiger partial charge >= 0.3 is 56.6 Å². The molecule has 5 rings (SSSR count). The van der Waals surface area contributed by atoms with Crippen molar-refractivity contribution in [2.75, 3.05) is 23.1 Å². The van der Waals surface area contributed by atoms with Crippen LogP contribution in [0.5, 0.6) is 0 Å². The summed E-state index contributed by atoms with van der Waals surface area (Å²) in [6.45, 7) is 1.75. The second kappa shape index (κ2) is 26.8. The first-order chi connectivity index (χ1) is 26.4. The third-order valence-electron chi connectivity index (χ3n) is 6.07. The Morgan fingerprint density at radius 3 is 1.80 bits per heavy atom. The van der Waals surface area contributed by atoms with E-state index in [2.05, 4.69) is 52.6 Å². The first-order valence-electron chi connectivity index (χ1n) is 14.8. The van der Waals surface area contributed by atoms with Gasteiger partial charge in [0.05, 0.1) is 58.3 Å². The number of pyridine rings is 1. The molecule has 0 unspecified atom stereocenters. The zero-order valence-electron chi connectivity index (χ0n) is 31.7. The normalized spacial score (nSPS) is 10.6. The number of aromatic nitrogens is 1. The first kappa shape index (κ1) is 55.7. The van der Waals surface area contributed by atoms with Gasteiger partial charge in [0.2, 0.25) is 0 Å². The molecule has 292 valence electrons. The van der Waals surface area contributed by atoms with Crippen molar-refractivity contribution >= 4 is 111 Å². The monoisotopic (exact) mass is 897 g/mol. The molecule has 2 aromatic heterocycles. The average molecular weight is 899 g/mol. The Balaban J connectivity index is 0.00000232. The Morgan fingerprint density at radius 2 is 1.31 bits per heavy atom. The molecule has 18 nitrogen and oxygen atoms in total. The average Bonchev–Trinajstić information content (AvgIpc) is 3.52. The van der Waals surface area contributed by atoms with Crippen LogP contribution in [-0.2, 0) is 29.6 Å². The summed E-state index contributed by atoms with van der Waals surface area (Å²) in [6, 6.07) is 27.4. The zero-order valence-corrected chi connectivity index (χ0v) is 36.5. The maximum atomic E-state index is 10.1. The number of nitrogens with one attached hydrogen (secondary N) is 2. The summed E-state index contributed by atoms with van der Waals surface area (Å²) in [4.78, 5) is 5.04. The molecule has 0 aliphatic carbocycles. The largest absolute Gasteiger partial charge is 1.00 e. The molecule has 0 radical (unpaired) electrons. The number of nitriles is 2. The smallest absolute Gasteiger partial charge is 0.748 e. The van der Waals surface area contributed by atoms with Crippen LogP contribution in [0.4, 0.5) is 44.4 Å². The third-order valence-corrected chi connectivity index (χ3v) is 8.34. The molecule has 0 spiro atoms. The molecule has 5 aromatic rings. The van der Waals surface area contributed by atoms with Crippen LogP contribution in [0.15, 0.2) is 104 Å². The van der Waals surface area contributed by atoms with Gasteiger partial charge in [-0.15, -0.1) is 20.5 Å². The number of rotatable bonds is 11. The number of halogens is 2. The summed E-state index contributed by atoms with van der Waals surface area (Å²) >= 11 is 14.1. The summed E-state index contributed by atoms with van der Waals surface area (Å²) in [7, 11) is -7.83. The maximum Gasteiger partial charge on any atom is 1.00 e. The SMILES string of the molecule is CS(=O)(=O)[O-].CS(=O)(=O)[O-].Cc1c(C#N)c(Nc2ccccc2)nc(Nc2ccccc2)c1N=Nc1sc(N=Nc2cc(Cl)c(SOO[O-])cc2Cl)cc1C#N.[Li+].[Li+].[Li+]. The van der Waals surface area contributed by atoms with Crippen molar-refractivity contribution in [3.63, 3.8) is 0 Å². The van der Waals surface area contributed by atoms with E-state index in [1.165, 1.54) is 18.2 Å². The number of hydrogen-bond donors (Lipinski definition) is 2. The predicted molar refractivity (Wildman–Crippen MR) is 206 cm³/mol. The molecule has 0 atom stereocenters. The van der Waals surface area contributed by atoms with Gasteiger partial charge in [0, 0.05) is 29.4 Å². The third kappa shape index (κ3) is 20.2. The molecule has 0 aliphatic heterocycles. The Morgan fingerprint density at radius 1 is 0.780 bits per heavy atom. The molecule has 3 aromatic carbocycles. The topological polar surface area (TPSA) is 290 Å². The minimum Gasteiger partial charge on any atom is -0.748 e. The molecule has 0 saturated heterocycles. The molecule has 0 aliphatic rings. The van der Waals surface area contributed by atoms with E-state index in [1.54, 1.807) is 6.92 Å². The van der Waals surface area contributed by atoms with Gasteiger partial charge in [-0.2, -0.15) is 14.9 Å². The van der Waals surface area contributed by atoms with E-state index < -0.39 is 20.2 Å². The second-order valence-electron chi connectivity index (χ2n) is 10.4. The number of azo groups is 2. The summed E-state index contributed by atoms with van der Waals surface area (Å²) in [5.74, 6) is 0.692. The van der Waals surface area contributed by atoms with Crippen LogP contribution in [0.25, 0.3) is 0 Å². The van der Waals surface area contributed by atoms with Crippen LogP contribution in [0.2, 0.25) is 10.0 Å². The maximum absolute atomic E-state index is 10.1. The molecule has 0 bridgehead atoms. The van der Waals surface area contributed by atoms with Gasteiger partial charge in [0.25, 0.3) is 0 Å². The van der Waals surface area contributed by atoms with E-state index in [0.29, 0.717) is 57.3 Å². The van der Waals surface area contributed by atoms with Gasteiger partial charge in [0.1, 0.15) is 28.5 Å². The second-order valence-corrected chi connectivity index (χ2v) is 15.8. The van der Waals surface area contributed by atoms with Crippen LogP contribution in [0, 0.1) is 29.6 Å². The summed E-state index contributed by atoms with van der Waals surface area (Å²) in [6.07, 6.45) is 1.21. The van der Waals surface area contributed by atoms with Crippen LogP contribution in [0.1, 0.15) is 16.7 Å². The fourth-order valence-corrected chi connectivity index (χ4v) is 5.60. The molecule has 0 fully saturated rings. The summed E-state index contributed by atoms with van der Waals surface area (Å²) < 4.78 is 58.7. The van der Waals surface area contributed by atoms with Crippen molar-refractivity contribution in [1.29, 1.82) is 10.5 Å². The van der Waals surface area contributed by atoms with Crippen molar-refractivity contribution in [1.82, 2.24) is 4.98 Å². The van der Waals surface area contributed by atoms with Gasteiger partial charge in [-0.05, 0) is 49.4 Å². The van der Waals surface area contributed by atoms with Crippen molar-refractivity contribution in [2.24, 2.45) is 20.5 Å². The van der Waals surface area contributed by atoms with Gasteiger partial charge in [0.15, 0.2) is 16.6 Å². The molecule has 2 heterocycles. The predicted octanol–water partition coefficient (Wildman–Crippen LogP) is -0.615. The van der Waals surface area contributed by atoms with Crippen LogP contribution in [0.3, 0.4) is 0 Å². The Kier molecular flexibility index (Phi) is 25.3. The molecule has 59 heavy (non-hydrogen) atoms. The van der Waals surface area contributed by atoms with Gasteiger partial charge < -0.3 is 25.0 Å². The minimum atomic E-state index is -3.92. The van der Waals surface area contributed by atoms with Crippen LogP contribution >= 0.6 is 46.6 Å². The fourth-order valence-electron chi connectivity index (χ4n) is 3.93. The van der Waals surface area contributed by atoms with Crippen LogP contribution < -0.4 is 72.5 Å². The molecule has 0 saturated carbocycles. The van der Waals surface area contributed by atoms with Crippen molar-refractivity contribution in [3.05, 3.63) is 106 Å². The number of thiophene rings is 1. The van der Waals surface area contributed by atoms with Gasteiger partial charge in [-0.25, -0.2) is 21.8 Å². The standard InChI is InChI=1S/C30H19Cl2N9O3S2.2CH4O3S.3Li/c1-17-21(16-34)28(35-19-8-4-2-5-9-19)37-29(36-20-10-6-3-7-11-20)27(17)40-41-30-18(15-33)12-26(45-30)39-38-24-13-23(32)25(14-22(24)31)46-44-43-42;2*1-5(2,3)4;;;/h2-14,42H,1H3,(H2,35,36,37);2*1H3,(H,2,3,4);;;/q;;;3*+1/p-3. The quantitative estimate of drug-likeness (QED) is 0.0417. The number of anilines is 4. The Bertz CT molecular complexity index is 2490. The summed E-state index contributed by atoms with van der Waals surface area (Å²) in [5, 5.41) is 57.9. The van der Waals surface area contributed by atoms with E-state index >= 15 is 0 Å². The fraction of sp³-hybridized carbons (Fsp3) is 0.0938. The number of nitrogens with zero attached hydrogens (tertiary/aromatic N) is 7. The van der Waals surface area contributed by atoms with Crippen molar-refractivity contribution < 1.29 is 97.2 Å². The first-order valence-corrected chi connectivity index (χ1v) is 20.7. The van der Waals surface area contributed by atoms with Gasteiger partial charge in [-0.3, -0.25) is 5.04 Å². The van der Waals surface area contributed by atoms with Crippen molar-refractivity contribution in [2.45, 2.75) is 11.8 Å². The van der Waals surface area contributed by atoms with E-state index in [9.17, 15) is 15.8 Å². The van der Waals surface area contributed by atoms with E-state index in [1.807, 2.05) is 60.7 Å². The molecular formula is C32H24Cl2Li3N9O9S4. The van der Waals surface area contributed by atoms with Gasteiger partial charge in [-0.1, -0.05) is 70.9 Å². The minimum absolute atomic E-state index is 0. The molecular weight excluding hydrogens is 874 g/mol. The number of para-hydroxylation sites is 2. The molecule has 27 heteroatoms.